The number of anilines is 1. The lowest BCUT2D eigenvalue weighted by molar-refractivity contribution is -0.144. The highest BCUT2D eigenvalue weighted by Crippen LogP contribution is 2.44. The van der Waals surface area contributed by atoms with Crippen molar-refractivity contribution in [3.63, 3.8) is 0 Å². The Hall–Kier alpha value is -4.25. The number of aryl methyl sites for hydroxylation is 2. The van der Waals surface area contributed by atoms with Crippen molar-refractivity contribution in [2.24, 2.45) is 17.8 Å². The summed E-state index contributed by atoms with van der Waals surface area (Å²) in [5.74, 6) is 1.04. The average molecular weight is 599 g/mol. The van der Waals surface area contributed by atoms with Crippen molar-refractivity contribution in [3.05, 3.63) is 76.2 Å². The number of ether oxygens (including phenoxy) is 1. The summed E-state index contributed by atoms with van der Waals surface area (Å²) >= 11 is 1.60. The Kier molecular flexibility index (Phi) is 7.12. The molecule has 2 aromatic carbocycles. The van der Waals surface area contributed by atoms with Gasteiger partial charge in [0.15, 0.2) is 5.13 Å². The van der Waals surface area contributed by atoms with Crippen molar-refractivity contribution in [1.82, 2.24) is 24.6 Å². The molecule has 0 spiro atoms. The topological polar surface area (TPSA) is 114 Å². The summed E-state index contributed by atoms with van der Waals surface area (Å²) < 4.78 is 8.21. The molecule has 4 heterocycles. The predicted molar refractivity (Wildman–Crippen MR) is 162 cm³/mol. The molecule has 10 nitrogen and oxygen atoms in total. The summed E-state index contributed by atoms with van der Waals surface area (Å²) in [6, 6.07) is 11.9. The van der Waals surface area contributed by atoms with Crippen molar-refractivity contribution in [2.45, 2.75) is 46.4 Å². The van der Waals surface area contributed by atoms with E-state index in [9.17, 15) is 14.7 Å². The highest BCUT2D eigenvalue weighted by atomic mass is 32.1. The van der Waals surface area contributed by atoms with Crippen molar-refractivity contribution < 1.29 is 19.4 Å². The van der Waals surface area contributed by atoms with Crippen molar-refractivity contribution in [3.8, 4) is 17.0 Å². The van der Waals surface area contributed by atoms with Crippen LogP contribution < -0.4 is 9.64 Å². The molecule has 11 heteroatoms. The van der Waals surface area contributed by atoms with Gasteiger partial charge < -0.3 is 19.6 Å². The van der Waals surface area contributed by atoms with E-state index in [2.05, 4.69) is 33.4 Å². The fourth-order valence-corrected chi connectivity index (χ4v) is 7.70. The zero-order chi connectivity index (χ0) is 29.7. The van der Waals surface area contributed by atoms with E-state index >= 15 is 0 Å². The maximum absolute atomic E-state index is 13.2. The van der Waals surface area contributed by atoms with E-state index in [0.717, 1.165) is 70.6 Å². The smallest absolute Gasteiger partial charge is 0.307 e. The van der Waals surface area contributed by atoms with Crippen LogP contribution in [0.2, 0.25) is 0 Å². The maximum Gasteiger partial charge on any atom is 0.307 e. The van der Waals surface area contributed by atoms with Gasteiger partial charge in [-0.2, -0.15) is 5.10 Å². The average Bonchev–Trinajstić information content (AvgIpc) is 3.74. The molecule has 2 aliphatic heterocycles. The fourth-order valence-electron chi connectivity index (χ4n) is 6.85. The van der Waals surface area contributed by atoms with Crippen molar-refractivity contribution in [1.29, 1.82) is 0 Å². The van der Waals surface area contributed by atoms with E-state index in [0.29, 0.717) is 31.8 Å². The lowest BCUT2D eigenvalue weighted by Gasteiger charge is -2.35. The second kappa shape index (κ2) is 11.1. The summed E-state index contributed by atoms with van der Waals surface area (Å²) in [5.41, 5.74) is 5.58. The van der Waals surface area contributed by atoms with Gasteiger partial charge in [-0.3, -0.25) is 9.59 Å². The third kappa shape index (κ3) is 5.26. The molecule has 1 amide bonds. The Balaban J connectivity index is 1.04. The molecule has 0 radical (unpaired) electrons. The molecule has 1 saturated carbocycles. The van der Waals surface area contributed by atoms with Gasteiger partial charge in [-0.15, -0.1) is 11.3 Å². The van der Waals surface area contributed by atoms with E-state index in [1.54, 1.807) is 11.3 Å². The molecule has 3 atom stereocenters. The van der Waals surface area contributed by atoms with Crippen LogP contribution in [0.3, 0.4) is 0 Å². The number of amides is 1. The second-order valence-corrected chi connectivity index (χ2v) is 12.8. The largest absolute Gasteiger partial charge is 0.488 e. The number of hydrogen-bond donors (Lipinski definition) is 1. The number of nitrogens with zero attached hydrogens (tertiary/aromatic N) is 6. The number of carbonyl (C=O) groups is 2. The number of thiazole rings is 1. The van der Waals surface area contributed by atoms with E-state index in [1.807, 2.05) is 46.8 Å². The molecule has 2 aromatic heterocycles. The standard InChI is InChI=1S/C32H34N6O4S/c1-19-3-8-27(25(11-19)26-17-43-32(35-26)37-13-22-5-6-23(14-37)29(22)31(40)41)42-16-24-7-4-21(12-20(24)2)30(39)36-9-10-38-28(15-36)33-18-34-38/h3-4,7-8,11-12,17-18,22-23,29H,5-6,9-10,13-16H2,1-2H3,(H,40,41)/t22-,23+,29?. The summed E-state index contributed by atoms with van der Waals surface area (Å²) in [6.45, 7) is 7.63. The maximum atomic E-state index is 13.2. The van der Waals surface area contributed by atoms with Crippen LogP contribution in [0.15, 0.2) is 48.1 Å². The number of aromatic nitrogens is 4. The number of benzene rings is 2. The molecular formula is C32H34N6O4S. The van der Waals surface area contributed by atoms with Crippen LogP contribution in [0.5, 0.6) is 5.75 Å². The molecular weight excluding hydrogens is 564 g/mol. The van der Waals surface area contributed by atoms with E-state index < -0.39 is 5.97 Å². The fraction of sp³-hybridized carbons (Fsp3) is 0.406. The summed E-state index contributed by atoms with van der Waals surface area (Å²) in [5, 5.41) is 16.9. The van der Waals surface area contributed by atoms with Gasteiger partial charge in [-0.05, 0) is 73.9 Å². The van der Waals surface area contributed by atoms with E-state index in [4.69, 9.17) is 9.72 Å². The minimum atomic E-state index is -0.654. The lowest BCUT2D eigenvalue weighted by Crippen LogP contribution is -2.44. The van der Waals surface area contributed by atoms with Gasteiger partial charge in [0.2, 0.25) is 0 Å². The predicted octanol–water partition coefficient (Wildman–Crippen LogP) is 4.80. The number of carboxylic acids is 1. The molecule has 1 unspecified atom stereocenters. The number of rotatable bonds is 7. The third-order valence-corrected chi connectivity index (χ3v) is 10.1. The number of aliphatic carboxylic acids is 1. The van der Waals surface area contributed by atoms with Gasteiger partial charge in [0.1, 0.15) is 24.5 Å². The first-order chi connectivity index (χ1) is 20.8. The van der Waals surface area contributed by atoms with Gasteiger partial charge in [-0.1, -0.05) is 17.7 Å². The van der Waals surface area contributed by atoms with Crippen LogP contribution in [0.1, 0.15) is 45.7 Å². The molecule has 1 aliphatic carbocycles. The zero-order valence-corrected chi connectivity index (χ0v) is 25.1. The van der Waals surface area contributed by atoms with Gasteiger partial charge in [-0.25, -0.2) is 14.6 Å². The first-order valence-electron chi connectivity index (χ1n) is 14.8. The Labute approximate surface area is 253 Å². The Morgan fingerprint density at radius 2 is 1.88 bits per heavy atom. The summed E-state index contributed by atoms with van der Waals surface area (Å²) in [6.07, 6.45) is 3.48. The highest BCUT2D eigenvalue weighted by Gasteiger charge is 2.46. The second-order valence-electron chi connectivity index (χ2n) is 11.9. The van der Waals surface area contributed by atoms with Gasteiger partial charge in [0.25, 0.3) is 5.91 Å². The molecule has 1 saturated heterocycles. The molecule has 2 fully saturated rings. The number of carboxylic acid groups (broad SMARTS) is 1. The number of carbonyl (C=O) groups excluding carboxylic acids is 1. The SMILES string of the molecule is Cc1ccc(OCc2ccc(C(=O)N3CCn4ncnc4C3)cc2C)c(-c2csc(N3C[C@H]4CC[C@@H](C3)C4C(=O)O)n2)c1. The normalized spacial score (nSPS) is 21.1. The van der Waals surface area contributed by atoms with Crippen molar-refractivity contribution >= 4 is 28.3 Å². The quantitative estimate of drug-likeness (QED) is 0.323. The number of hydrogen-bond acceptors (Lipinski definition) is 8. The van der Waals surface area contributed by atoms with Crippen LogP contribution in [-0.4, -0.2) is 61.3 Å². The molecule has 7 rings (SSSR count). The third-order valence-electron chi connectivity index (χ3n) is 9.16. The van der Waals surface area contributed by atoms with Crippen molar-refractivity contribution in [2.75, 3.05) is 24.5 Å². The van der Waals surface area contributed by atoms with Gasteiger partial charge >= 0.3 is 5.97 Å². The van der Waals surface area contributed by atoms with E-state index in [-0.39, 0.29) is 23.7 Å². The molecule has 4 aromatic rings. The minimum Gasteiger partial charge on any atom is -0.488 e. The first kappa shape index (κ1) is 27.6. The molecule has 222 valence electrons. The Morgan fingerprint density at radius 1 is 1.07 bits per heavy atom. The number of piperidine rings is 1. The van der Waals surface area contributed by atoms with Crippen LogP contribution in [0.25, 0.3) is 11.3 Å². The van der Waals surface area contributed by atoms with Crippen LogP contribution in [-0.2, 0) is 24.5 Å². The highest BCUT2D eigenvalue weighted by molar-refractivity contribution is 7.14. The van der Waals surface area contributed by atoms with Gasteiger partial charge in [0, 0.05) is 36.1 Å². The van der Waals surface area contributed by atoms with Crippen LogP contribution in [0.4, 0.5) is 5.13 Å². The minimum absolute atomic E-state index is 0.00910. The summed E-state index contributed by atoms with van der Waals surface area (Å²) in [4.78, 5) is 38.3. The zero-order valence-electron chi connectivity index (χ0n) is 24.3. The van der Waals surface area contributed by atoms with E-state index in [1.165, 1.54) is 6.33 Å². The summed E-state index contributed by atoms with van der Waals surface area (Å²) in [7, 11) is 0. The van der Waals surface area contributed by atoms with Gasteiger partial charge in [0.05, 0.1) is 24.7 Å². The molecule has 2 bridgehead atoms. The molecule has 43 heavy (non-hydrogen) atoms. The Morgan fingerprint density at radius 3 is 2.65 bits per heavy atom. The lowest BCUT2D eigenvalue weighted by atomic mass is 9.85. The van der Waals surface area contributed by atoms with Crippen LogP contribution in [0, 0.1) is 31.6 Å². The molecule has 1 N–H and O–H groups in total. The number of fused-ring (bicyclic) bond motifs is 3. The van der Waals surface area contributed by atoms with Crippen LogP contribution >= 0.6 is 11.3 Å². The first-order valence-corrected chi connectivity index (χ1v) is 15.6. The Bertz CT molecular complexity index is 1680. The molecule has 3 aliphatic rings. The monoisotopic (exact) mass is 598 g/mol.